The van der Waals surface area contributed by atoms with Crippen molar-refractivity contribution in [2.24, 2.45) is 0 Å². The first-order valence-electron chi connectivity index (χ1n) is 7.39. The van der Waals surface area contributed by atoms with Crippen molar-refractivity contribution in [2.75, 3.05) is 5.84 Å². The van der Waals surface area contributed by atoms with Crippen LogP contribution < -0.4 is 5.84 Å². The molecule has 2 N–H and O–H groups in total. The molecule has 0 aliphatic heterocycles. The van der Waals surface area contributed by atoms with E-state index in [1.165, 1.54) is 39.9 Å². The highest BCUT2D eigenvalue weighted by molar-refractivity contribution is 7.98. The minimum atomic E-state index is -0.247. The van der Waals surface area contributed by atoms with Gasteiger partial charge in [-0.15, -0.1) is 21.5 Å². The van der Waals surface area contributed by atoms with Gasteiger partial charge in [-0.25, -0.2) is 14.1 Å². The van der Waals surface area contributed by atoms with Crippen LogP contribution in [0.15, 0.2) is 34.8 Å². The van der Waals surface area contributed by atoms with Crippen LogP contribution in [0.25, 0.3) is 10.6 Å². The number of thiazole rings is 1. The SMILES string of the molecule is CC(C)(C)c1nnc(SCc2csc(-c3ccc(F)cc3)n2)n1N. The van der Waals surface area contributed by atoms with Crippen LogP contribution in [0.1, 0.15) is 32.3 Å². The zero-order chi connectivity index (χ0) is 17.3. The molecule has 0 unspecified atom stereocenters. The van der Waals surface area contributed by atoms with Gasteiger partial charge in [0.25, 0.3) is 0 Å². The second kappa shape index (κ2) is 6.52. The first-order valence-corrected chi connectivity index (χ1v) is 9.25. The number of nitrogens with zero attached hydrogens (tertiary/aromatic N) is 4. The topological polar surface area (TPSA) is 69.6 Å². The lowest BCUT2D eigenvalue weighted by Gasteiger charge is -2.16. The normalized spacial score (nSPS) is 11.8. The van der Waals surface area contributed by atoms with E-state index in [1.807, 2.05) is 26.2 Å². The smallest absolute Gasteiger partial charge is 0.210 e. The van der Waals surface area contributed by atoms with Gasteiger partial charge >= 0.3 is 0 Å². The van der Waals surface area contributed by atoms with Crippen molar-refractivity contribution in [1.29, 1.82) is 0 Å². The lowest BCUT2D eigenvalue weighted by atomic mass is 9.96. The number of rotatable bonds is 4. The van der Waals surface area contributed by atoms with Crippen molar-refractivity contribution >= 4 is 23.1 Å². The van der Waals surface area contributed by atoms with E-state index in [9.17, 15) is 4.39 Å². The highest BCUT2D eigenvalue weighted by Gasteiger charge is 2.23. The van der Waals surface area contributed by atoms with E-state index in [2.05, 4.69) is 15.2 Å². The first-order chi connectivity index (χ1) is 11.3. The molecule has 0 saturated heterocycles. The summed E-state index contributed by atoms with van der Waals surface area (Å²) in [5.74, 6) is 7.23. The highest BCUT2D eigenvalue weighted by Crippen LogP contribution is 2.28. The molecule has 0 radical (unpaired) electrons. The molecular weight excluding hydrogens is 345 g/mol. The fourth-order valence-corrected chi connectivity index (χ4v) is 3.80. The Hall–Kier alpha value is -1.93. The Balaban J connectivity index is 1.70. The van der Waals surface area contributed by atoms with Crippen molar-refractivity contribution < 1.29 is 4.39 Å². The predicted molar refractivity (Wildman–Crippen MR) is 95.9 cm³/mol. The quantitative estimate of drug-likeness (QED) is 0.563. The summed E-state index contributed by atoms with van der Waals surface area (Å²) in [6.45, 7) is 6.14. The molecule has 1 aromatic carbocycles. The zero-order valence-electron chi connectivity index (χ0n) is 13.7. The van der Waals surface area contributed by atoms with E-state index >= 15 is 0 Å². The summed E-state index contributed by atoms with van der Waals surface area (Å²) < 4.78 is 14.5. The number of halogens is 1. The van der Waals surface area contributed by atoms with E-state index in [1.54, 1.807) is 12.1 Å². The van der Waals surface area contributed by atoms with Gasteiger partial charge in [0, 0.05) is 22.1 Å². The molecule has 126 valence electrons. The van der Waals surface area contributed by atoms with Crippen LogP contribution in [0.3, 0.4) is 0 Å². The number of nitrogen functional groups attached to an aromatic ring is 1. The number of nitrogens with two attached hydrogens (primary N) is 1. The van der Waals surface area contributed by atoms with Gasteiger partial charge in [0.05, 0.1) is 5.69 Å². The third-order valence-corrected chi connectivity index (χ3v) is 5.24. The van der Waals surface area contributed by atoms with Crippen LogP contribution in [0, 0.1) is 5.82 Å². The Kier molecular flexibility index (Phi) is 4.60. The number of hydrogen-bond donors (Lipinski definition) is 1. The van der Waals surface area contributed by atoms with Gasteiger partial charge in [-0.2, -0.15) is 0 Å². The van der Waals surface area contributed by atoms with Gasteiger partial charge in [0.15, 0.2) is 5.82 Å². The molecule has 0 amide bonds. The zero-order valence-corrected chi connectivity index (χ0v) is 15.3. The summed E-state index contributed by atoms with van der Waals surface area (Å²) >= 11 is 3.03. The van der Waals surface area contributed by atoms with Gasteiger partial charge in [-0.1, -0.05) is 32.5 Å². The van der Waals surface area contributed by atoms with Crippen LogP contribution in [-0.4, -0.2) is 19.9 Å². The van der Waals surface area contributed by atoms with E-state index in [4.69, 9.17) is 5.84 Å². The summed E-state index contributed by atoms with van der Waals surface area (Å²) in [6.07, 6.45) is 0. The first kappa shape index (κ1) is 16.9. The highest BCUT2D eigenvalue weighted by atomic mass is 32.2. The second-order valence-corrected chi connectivity index (χ2v) is 8.17. The van der Waals surface area contributed by atoms with E-state index in [0.717, 1.165) is 22.1 Å². The fourth-order valence-electron chi connectivity index (χ4n) is 2.12. The average Bonchev–Trinajstić information content (AvgIpc) is 3.12. The van der Waals surface area contributed by atoms with Gasteiger partial charge in [0.1, 0.15) is 10.8 Å². The van der Waals surface area contributed by atoms with Crippen LogP contribution in [0.4, 0.5) is 4.39 Å². The van der Waals surface area contributed by atoms with E-state index in [0.29, 0.717) is 10.9 Å². The Morgan fingerprint density at radius 2 is 1.92 bits per heavy atom. The number of benzene rings is 1. The fraction of sp³-hybridized carbons (Fsp3) is 0.312. The minimum absolute atomic E-state index is 0.156. The molecule has 0 spiro atoms. The summed E-state index contributed by atoms with van der Waals surface area (Å²) in [5, 5.41) is 11.9. The molecule has 24 heavy (non-hydrogen) atoms. The molecule has 2 heterocycles. The predicted octanol–water partition coefficient (Wildman–Crippen LogP) is 3.84. The Bertz CT molecular complexity index is 833. The molecule has 0 aliphatic carbocycles. The third-order valence-electron chi connectivity index (χ3n) is 3.33. The summed E-state index contributed by atoms with van der Waals surface area (Å²) in [7, 11) is 0. The lowest BCUT2D eigenvalue weighted by molar-refractivity contribution is 0.523. The Labute approximate surface area is 148 Å². The van der Waals surface area contributed by atoms with Crippen molar-refractivity contribution in [3.8, 4) is 10.6 Å². The van der Waals surface area contributed by atoms with Crippen molar-refractivity contribution in [2.45, 2.75) is 37.1 Å². The molecular formula is C16H18FN5S2. The van der Waals surface area contributed by atoms with Crippen molar-refractivity contribution in [3.05, 3.63) is 47.0 Å². The largest absolute Gasteiger partial charge is 0.336 e. The molecule has 2 aromatic heterocycles. The second-order valence-electron chi connectivity index (χ2n) is 6.37. The summed E-state index contributed by atoms with van der Waals surface area (Å²) in [6, 6.07) is 6.35. The van der Waals surface area contributed by atoms with Crippen molar-refractivity contribution in [3.63, 3.8) is 0 Å². The van der Waals surface area contributed by atoms with Crippen LogP contribution in [0.5, 0.6) is 0 Å². The maximum absolute atomic E-state index is 13.0. The monoisotopic (exact) mass is 363 g/mol. The minimum Gasteiger partial charge on any atom is -0.336 e. The Morgan fingerprint density at radius 1 is 1.21 bits per heavy atom. The van der Waals surface area contributed by atoms with E-state index in [-0.39, 0.29) is 11.2 Å². The average molecular weight is 363 g/mol. The molecule has 3 aromatic rings. The molecule has 8 heteroatoms. The lowest BCUT2D eigenvalue weighted by Crippen LogP contribution is -2.24. The molecule has 3 rings (SSSR count). The standard InChI is InChI=1S/C16H18FN5S2/c1-16(2,3)14-20-21-15(22(14)18)24-9-12-8-23-13(19-12)10-4-6-11(17)7-5-10/h4-8H,9,18H2,1-3H3. The summed E-state index contributed by atoms with van der Waals surface area (Å²) in [5.41, 5.74) is 1.69. The third kappa shape index (κ3) is 3.59. The Morgan fingerprint density at radius 3 is 2.54 bits per heavy atom. The maximum Gasteiger partial charge on any atom is 0.210 e. The molecule has 0 aliphatic rings. The van der Waals surface area contributed by atoms with Gasteiger partial charge < -0.3 is 5.84 Å². The van der Waals surface area contributed by atoms with Crippen LogP contribution >= 0.6 is 23.1 Å². The van der Waals surface area contributed by atoms with Crippen LogP contribution in [-0.2, 0) is 11.2 Å². The van der Waals surface area contributed by atoms with Gasteiger partial charge in [0.2, 0.25) is 5.16 Å². The molecule has 0 bridgehead atoms. The molecule has 0 atom stereocenters. The molecule has 0 fully saturated rings. The summed E-state index contributed by atoms with van der Waals surface area (Å²) in [4.78, 5) is 4.59. The number of thioether (sulfide) groups is 1. The van der Waals surface area contributed by atoms with E-state index < -0.39 is 0 Å². The number of hydrogen-bond acceptors (Lipinski definition) is 6. The molecule has 5 nitrogen and oxygen atoms in total. The maximum atomic E-state index is 13.0. The van der Waals surface area contributed by atoms with Gasteiger partial charge in [-0.3, -0.25) is 0 Å². The molecule has 0 saturated carbocycles. The van der Waals surface area contributed by atoms with Crippen LogP contribution in [0.2, 0.25) is 0 Å². The van der Waals surface area contributed by atoms with Crippen molar-refractivity contribution in [1.82, 2.24) is 19.9 Å². The van der Waals surface area contributed by atoms with Gasteiger partial charge in [-0.05, 0) is 24.3 Å². The number of aromatic nitrogens is 4.